The summed E-state index contributed by atoms with van der Waals surface area (Å²) < 4.78 is 39.3. The van der Waals surface area contributed by atoms with Gasteiger partial charge in [0.15, 0.2) is 5.11 Å². The Morgan fingerprint density at radius 2 is 1.71 bits per heavy atom. The zero-order valence-electron chi connectivity index (χ0n) is 13.8. The van der Waals surface area contributed by atoms with Crippen molar-refractivity contribution >= 4 is 33.3 Å². The summed E-state index contributed by atoms with van der Waals surface area (Å²) >= 11 is 4.99. The number of nitrogens with one attached hydrogen (secondary N) is 4. The van der Waals surface area contributed by atoms with Crippen molar-refractivity contribution in [2.75, 3.05) is 0 Å². The molecule has 0 bridgehead atoms. The molecule has 4 N–H and O–H groups in total. The molecule has 0 heterocycles. The minimum Gasteiger partial charge on any atom is -0.357 e. The Labute approximate surface area is 146 Å². The molecule has 1 atom stereocenters. The lowest BCUT2D eigenvalue weighted by molar-refractivity contribution is -0.122. The predicted octanol–water partition coefficient (Wildman–Crippen LogP) is 0.786. The van der Waals surface area contributed by atoms with Gasteiger partial charge in [0.05, 0.1) is 10.9 Å². The number of sulfonamides is 1. The molecule has 0 spiro atoms. The first-order valence-corrected chi connectivity index (χ1v) is 8.96. The number of carbonyl (C=O) groups is 1. The van der Waals surface area contributed by atoms with Crippen LogP contribution < -0.4 is 20.9 Å². The van der Waals surface area contributed by atoms with E-state index in [9.17, 15) is 17.6 Å². The first-order valence-electron chi connectivity index (χ1n) is 7.06. The molecule has 0 aromatic heterocycles. The Balaban J connectivity index is 2.60. The SMILES string of the molecule is C[C@H](NS(=O)(=O)c1ccc(F)cc1)C(=O)NNC(=S)NC(C)(C)C. The highest BCUT2D eigenvalue weighted by Gasteiger charge is 2.22. The maximum absolute atomic E-state index is 12.9. The van der Waals surface area contributed by atoms with Gasteiger partial charge in [0.25, 0.3) is 5.91 Å². The second-order valence-electron chi connectivity index (χ2n) is 6.12. The van der Waals surface area contributed by atoms with Crippen LogP contribution in [0.4, 0.5) is 4.39 Å². The second-order valence-corrected chi connectivity index (χ2v) is 8.24. The quantitative estimate of drug-likeness (QED) is 0.458. The molecule has 134 valence electrons. The maximum Gasteiger partial charge on any atom is 0.256 e. The molecular weight excluding hydrogens is 355 g/mol. The number of benzene rings is 1. The van der Waals surface area contributed by atoms with Crippen molar-refractivity contribution in [1.82, 2.24) is 20.9 Å². The number of halogens is 1. The van der Waals surface area contributed by atoms with Gasteiger partial charge in [0.2, 0.25) is 10.0 Å². The lowest BCUT2D eigenvalue weighted by Gasteiger charge is -2.23. The van der Waals surface area contributed by atoms with Crippen LogP contribution in [0.5, 0.6) is 0 Å². The van der Waals surface area contributed by atoms with E-state index in [0.29, 0.717) is 0 Å². The molecule has 24 heavy (non-hydrogen) atoms. The monoisotopic (exact) mass is 376 g/mol. The number of amides is 1. The van der Waals surface area contributed by atoms with E-state index in [-0.39, 0.29) is 15.5 Å². The van der Waals surface area contributed by atoms with E-state index in [0.717, 1.165) is 24.3 Å². The minimum atomic E-state index is -3.94. The van der Waals surface area contributed by atoms with Gasteiger partial charge >= 0.3 is 0 Å². The summed E-state index contributed by atoms with van der Waals surface area (Å²) in [5.41, 5.74) is 4.51. The largest absolute Gasteiger partial charge is 0.357 e. The normalized spacial score (nSPS) is 13.0. The topological polar surface area (TPSA) is 99.3 Å². The van der Waals surface area contributed by atoms with E-state index in [4.69, 9.17) is 12.2 Å². The molecule has 1 aromatic carbocycles. The Hall–Kier alpha value is -1.78. The van der Waals surface area contributed by atoms with Crippen LogP contribution >= 0.6 is 12.2 Å². The van der Waals surface area contributed by atoms with Crippen LogP contribution in [-0.4, -0.2) is 31.0 Å². The summed E-state index contributed by atoms with van der Waals surface area (Å²) in [5.74, 6) is -1.18. The van der Waals surface area contributed by atoms with E-state index in [1.54, 1.807) is 0 Å². The van der Waals surface area contributed by atoms with E-state index >= 15 is 0 Å². The van der Waals surface area contributed by atoms with Crippen LogP contribution in [0.15, 0.2) is 29.2 Å². The summed E-state index contributed by atoms with van der Waals surface area (Å²) in [5, 5.41) is 3.12. The van der Waals surface area contributed by atoms with Gasteiger partial charge in [-0.3, -0.25) is 15.6 Å². The zero-order chi connectivity index (χ0) is 18.5. The number of hydrogen-bond donors (Lipinski definition) is 4. The number of hydrogen-bond acceptors (Lipinski definition) is 4. The average molecular weight is 376 g/mol. The van der Waals surface area contributed by atoms with Gasteiger partial charge in [-0.1, -0.05) is 0 Å². The molecular formula is C14H21FN4O3S2. The van der Waals surface area contributed by atoms with Crippen molar-refractivity contribution < 1.29 is 17.6 Å². The fourth-order valence-electron chi connectivity index (χ4n) is 1.57. The van der Waals surface area contributed by atoms with Crippen LogP contribution in [0.1, 0.15) is 27.7 Å². The lowest BCUT2D eigenvalue weighted by Crippen LogP contribution is -2.55. The first kappa shape index (κ1) is 20.3. The van der Waals surface area contributed by atoms with E-state index < -0.39 is 27.8 Å². The molecule has 0 saturated heterocycles. The Morgan fingerprint density at radius 1 is 1.17 bits per heavy atom. The maximum atomic E-state index is 12.9. The summed E-state index contributed by atoms with van der Waals surface area (Å²) in [4.78, 5) is 11.8. The number of hydrazine groups is 1. The average Bonchev–Trinajstić information content (AvgIpc) is 2.42. The van der Waals surface area contributed by atoms with Crippen molar-refractivity contribution in [3.8, 4) is 0 Å². The molecule has 1 rings (SSSR count). The highest BCUT2D eigenvalue weighted by atomic mass is 32.2. The molecule has 0 aliphatic rings. The third kappa shape index (κ3) is 6.77. The standard InChI is InChI=1S/C14H21FN4O3S2/c1-9(12(20)17-18-13(23)16-14(2,3)4)19-24(21,22)11-7-5-10(15)6-8-11/h5-9,19H,1-4H3,(H,17,20)(H2,16,18,23)/t9-/m0/s1. The van der Waals surface area contributed by atoms with Crippen molar-refractivity contribution in [1.29, 1.82) is 0 Å². The summed E-state index contributed by atoms with van der Waals surface area (Å²) in [6.45, 7) is 7.05. The smallest absolute Gasteiger partial charge is 0.256 e. The van der Waals surface area contributed by atoms with Crippen molar-refractivity contribution in [2.24, 2.45) is 0 Å². The molecule has 0 radical (unpaired) electrons. The van der Waals surface area contributed by atoms with Gasteiger partial charge in [-0.05, 0) is 64.2 Å². The number of thiocarbonyl (C=S) groups is 1. The van der Waals surface area contributed by atoms with Crippen LogP contribution in [0, 0.1) is 5.82 Å². The first-order chi connectivity index (χ1) is 10.9. The van der Waals surface area contributed by atoms with Crippen LogP contribution in [0.3, 0.4) is 0 Å². The molecule has 0 aliphatic heterocycles. The van der Waals surface area contributed by atoms with Crippen LogP contribution in [-0.2, 0) is 14.8 Å². The Kier molecular flexibility index (Phi) is 6.64. The van der Waals surface area contributed by atoms with Crippen molar-refractivity contribution in [3.05, 3.63) is 30.1 Å². The molecule has 0 fully saturated rings. The third-order valence-electron chi connectivity index (χ3n) is 2.64. The zero-order valence-corrected chi connectivity index (χ0v) is 15.4. The summed E-state index contributed by atoms with van der Waals surface area (Å²) in [7, 11) is -3.94. The molecule has 7 nitrogen and oxygen atoms in total. The summed E-state index contributed by atoms with van der Waals surface area (Å²) in [6.07, 6.45) is 0. The van der Waals surface area contributed by atoms with Gasteiger partial charge in [-0.25, -0.2) is 12.8 Å². The highest BCUT2D eigenvalue weighted by Crippen LogP contribution is 2.10. The van der Waals surface area contributed by atoms with Gasteiger partial charge in [0.1, 0.15) is 5.82 Å². The van der Waals surface area contributed by atoms with Gasteiger partial charge in [0, 0.05) is 5.54 Å². The van der Waals surface area contributed by atoms with E-state index in [1.807, 2.05) is 20.8 Å². The predicted molar refractivity (Wildman–Crippen MR) is 92.9 cm³/mol. The van der Waals surface area contributed by atoms with E-state index in [2.05, 4.69) is 20.9 Å². The summed E-state index contributed by atoms with van der Waals surface area (Å²) in [6, 6.07) is 3.21. The molecule has 1 aromatic rings. The van der Waals surface area contributed by atoms with Crippen LogP contribution in [0.25, 0.3) is 0 Å². The third-order valence-corrected chi connectivity index (χ3v) is 4.40. The molecule has 0 unspecified atom stereocenters. The molecule has 0 aliphatic carbocycles. The van der Waals surface area contributed by atoms with Crippen molar-refractivity contribution in [2.45, 2.75) is 44.2 Å². The van der Waals surface area contributed by atoms with E-state index in [1.165, 1.54) is 6.92 Å². The number of carbonyl (C=O) groups excluding carboxylic acids is 1. The van der Waals surface area contributed by atoms with Crippen LogP contribution in [0.2, 0.25) is 0 Å². The Bertz CT molecular complexity index is 700. The fraction of sp³-hybridized carbons (Fsp3) is 0.429. The molecule has 0 saturated carbocycles. The molecule has 10 heteroatoms. The highest BCUT2D eigenvalue weighted by molar-refractivity contribution is 7.89. The lowest BCUT2D eigenvalue weighted by atomic mass is 10.1. The van der Waals surface area contributed by atoms with Gasteiger partial charge in [-0.2, -0.15) is 4.72 Å². The second kappa shape index (κ2) is 7.86. The minimum absolute atomic E-state index is 0.138. The number of rotatable bonds is 4. The molecule has 1 amide bonds. The van der Waals surface area contributed by atoms with Gasteiger partial charge < -0.3 is 5.32 Å². The van der Waals surface area contributed by atoms with Gasteiger partial charge in [-0.15, -0.1) is 0 Å². The fourth-order valence-corrected chi connectivity index (χ4v) is 3.13. The Morgan fingerprint density at radius 3 is 2.21 bits per heavy atom. The van der Waals surface area contributed by atoms with Crippen molar-refractivity contribution in [3.63, 3.8) is 0 Å².